The molecule has 2 saturated carbocycles. The van der Waals surface area contributed by atoms with E-state index in [-0.39, 0.29) is 0 Å². The lowest BCUT2D eigenvalue weighted by Crippen LogP contribution is -2.54. The Morgan fingerprint density at radius 2 is 1.86 bits per heavy atom. The molecule has 0 atom stereocenters. The fourth-order valence-corrected chi connectivity index (χ4v) is 4.01. The number of aromatic nitrogens is 2. The monoisotopic (exact) mass is 302 g/mol. The average Bonchev–Trinajstić information content (AvgIpc) is 3.28. The molecule has 1 aromatic rings. The first kappa shape index (κ1) is 14.2. The van der Waals surface area contributed by atoms with Crippen LogP contribution in [0.1, 0.15) is 56.7 Å². The van der Waals surface area contributed by atoms with Gasteiger partial charge in [0.05, 0.1) is 18.6 Å². The molecular weight excluding hydrogens is 276 g/mol. The normalized spacial score (nSPS) is 24.9. The van der Waals surface area contributed by atoms with E-state index in [4.69, 9.17) is 0 Å². The lowest BCUT2D eigenvalue weighted by atomic mass is 9.93. The molecule has 0 radical (unpaired) electrons. The van der Waals surface area contributed by atoms with Crippen LogP contribution in [0.3, 0.4) is 0 Å². The molecule has 0 unspecified atom stereocenters. The molecule has 120 valence electrons. The molecule has 0 spiro atoms. The van der Waals surface area contributed by atoms with Crippen LogP contribution in [0.5, 0.6) is 0 Å². The Balaban J connectivity index is 1.35. The molecule has 1 aromatic heterocycles. The Kier molecular flexibility index (Phi) is 3.90. The van der Waals surface area contributed by atoms with Gasteiger partial charge in [-0.05, 0) is 25.7 Å². The Morgan fingerprint density at radius 1 is 1.05 bits per heavy atom. The van der Waals surface area contributed by atoms with Gasteiger partial charge in [-0.1, -0.05) is 19.3 Å². The van der Waals surface area contributed by atoms with Crippen LogP contribution in [0.15, 0.2) is 12.5 Å². The third-order valence-corrected chi connectivity index (χ3v) is 5.42. The number of hydrogen-bond acceptors (Lipinski definition) is 3. The quantitative estimate of drug-likeness (QED) is 0.856. The molecule has 0 aromatic carbocycles. The van der Waals surface area contributed by atoms with Gasteiger partial charge in [-0.15, -0.1) is 0 Å². The van der Waals surface area contributed by atoms with Crippen LogP contribution in [-0.4, -0.2) is 50.9 Å². The SMILES string of the molecule is O=C1CN(Cc2cncn2C2CC2)CCN1C1CCCCC1. The summed E-state index contributed by atoms with van der Waals surface area (Å²) in [4.78, 5) is 21.3. The van der Waals surface area contributed by atoms with E-state index in [1.165, 1.54) is 50.6 Å². The summed E-state index contributed by atoms with van der Waals surface area (Å²) in [6.45, 7) is 3.34. The minimum Gasteiger partial charge on any atom is -0.337 e. The molecule has 3 aliphatic rings. The van der Waals surface area contributed by atoms with Gasteiger partial charge in [0.15, 0.2) is 0 Å². The van der Waals surface area contributed by atoms with Gasteiger partial charge in [-0.2, -0.15) is 0 Å². The number of carbonyl (C=O) groups is 1. The van der Waals surface area contributed by atoms with E-state index < -0.39 is 0 Å². The van der Waals surface area contributed by atoms with Crippen LogP contribution in [0, 0.1) is 0 Å². The Hall–Kier alpha value is -1.36. The van der Waals surface area contributed by atoms with Crippen molar-refractivity contribution in [3.63, 3.8) is 0 Å². The summed E-state index contributed by atoms with van der Waals surface area (Å²) in [5.41, 5.74) is 1.27. The average molecular weight is 302 g/mol. The molecule has 22 heavy (non-hydrogen) atoms. The summed E-state index contributed by atoms with van der Waals surface area (Å²) >= 11 is 0. The number of rotatable bonds is 4. The van der Waals surface area contributed by atoms with E-state index in [2.05, 4.69) is 19.4 Å². The Morgan fingerprint density at radius 3 is 2.59 bits per heavy atom. The molecule has 1 amide bonds. The van der Waals surface area contributed by atoms with E-state index >= 15 is 0 Å². The second-order valence-corrected chi connectivity index (χ2v) is 7.11. The lowest BCUT2D eigenvalue weighted by Gasteiger charge is -2.40. The van der Waals surface area contributed by atoms with Crippen LogP contribution >= 0.6 is 0 Å². The number of piperazine rings is 1. The lowest BCUT2D eigenvalue weighted by molar-refractivity contribution is -0.139. The van der Waals surface area contributed by atoms with Crippen molar-refractivity contribution in [1.29, 1.82) is 0 Å². The van der Waals surface area contributed by atoms with Gasteiger partial charge in [-0.25, -0.2) is 4.98 Å². The maximum atomic E-state index is 12.5. The first-order chi connectivity index (χ1) is 10.8. The summed E-state index contributed by atoms with van der Waals surface area (Å²) in [7, 11) is 0. The molecule has 2 aliphatic carbocycles. The van der Waals surface area contributed by atoms with Crippen LogP contribution < -0.4 is 0 Å². The van der Waals surface area contributed by atoms with Crippen LogP contribution in [0.25, 0.3) is 0 Å². The molecule has 2 heterocycles. The highest BCUT2D eigenvalue weighted by Crippen LogP contribution is 2.36. The van der Waals surface area contributed by atoms with Crippen molar-refractivity contribution in [2.75, 3.05) is 19.6 Å². The van der Waals surface area contributed by atoms with Crippen molar-refractivity contribution in [3.05, 3.63) is 18.2 Å². The molecular formula is C17H26N4O. The van der Waals surface area contributed by atoms with Gasteiger partial charge in [0, 0.05) is 37.9 Å². The molecule has 0 bridgehead atoms. The van der Waals surface area contributed by atoms with E-state index in [9.17, 15) is 4.79 Å². The highest BCUT2D eigenvalue weighted by atomic mass is 16.2. The minimum absolute atomic E-state index is 0.329. The topological polar surface area (TPSA) is 41.4 Å². The first-order valence-electron chi connectivity index (χ1n) is 8.84. The summed E-state index contributed by atoms with van der Waals surface area (Å²) in [6, 6.07) is 1.18. The van der Waals surface area contributed by atoms with Crippen LogP contribution in [-0.2, 0) is 11.3 Å². The zero-order valence-electron chi connectivity index (χ0n) is 13.3. The summed E-state index contributed by atoms with van der Waals surface area (Å²) in [5, 5.41) is 0. The molecule has 0 N–H and O–H groups in total. The van der Waals surface area contributed by atoms with E-state index in [0.29, 0.717) is 24.5 Å². The van der Waals surface area contributed by atoms with E-state index in [1.807, 2.05) is 12.5 Å². The summed E-state index contributed by atoms with van der Waals surface area (Å²) in [6.07, 6.45) is 12.8. The van der Waals surface area contributed by atoms with Crippen molar-refractivity contribution in [3.8, 4) is 0 Å². The predicted molar refractivity (Wildman–Crippen MR) is 84.4 cm³/mol. The highest BCUT2D eigenvalue weighted by Gasteiger charge is 2.31. The highest BCUT2D eigenvalue weighted by molar-refractivity contribution is 5.79. The number of imidazole rings is 1. The van der Waals surface area contributed by atoms with Gasteiger partial charge < -0.3 is 9.47 Å². The molecule has 5 nitrogen and oxygen atoms in total. The maximum Gasteiger partial charge on any atom is 0.237 e. The number of nitrogens with zero attached hydrogens (tertiary/aromatic N) is 4. The Labute approximate surface area is 132 Å². The number of amides is 1. The van der Waals surface area contributed by atoms with E-state index in [0.717, 1.165) is 19.6 Å². The zero-order chi connectivity index (χ0) is 14.9. The van der Waals surface area contributed by atoms with Crippen molar-refractivity contribution in [2.24, 2.45) is 0 Å². The molecule has 5 heteroatoms. The van der Waals surface area contributed by atoms with Gasteiger partial charge in [-0.3, -0.25) is 9.69 Å². The fourth-order valence-electron chi connectivity index (χ4n) is 4.01. The van der Waals surface area contributed by atoms with Crippen molar-refractivity contribution < 1.29 is 4.79 Å². The van der Waals surface area contributed by atoms with E-state index in [1.54, 1.807) is 0 Å². The molecule has 3 fully saturated rings. The summed E-state index contributed by atoms with van der Waals surface area (Å²) < 4.78 is 2.30. The maximum absolute atomic E-state index is 12.5. The molecule has 4 rings (SSSR count). The molecule has 1 aliphatic heterocycles. The first-order valence-corrected chi connectivity index (χ1v) is 8.84. The van der Waals surface area contributed by atoms with Gasteiger partial charge in [0.2, 0.25) is 5.91 Å². The zero-order valence-corrected chi connectivity index (χ0v) is 13.3. The number of hydrogen-bond donors (Lipinski definition) is 0. The second kappa shape index (κ2) is 6.03. The van der Waals surface area contributed by atoms with Gasteiger partial charge >= 0.3 is 0 Å². The van der Waals surface area contributed by atoms with Crippen LogP contribution in [0.4, 0.5) is 0 Å². The second-order valence-electron chi connectivity index (χ2n) is 7.11. The minimum atomic E-state index is 0.329. The van der Waals surface area contributed by atoms with Crippen molar-refractivity contribution >= 4 is 5.91 Å². The predicted octanol–water partition coefficient (Wildman–Crippen LogP) is 2.19. The van der Waals surface area contributed by atoms with Crippen molar-refractivity contribution in [2.45, 2.75) is 63.6 Å². The summed E-state index contributed by atoms with van der Waals surface area (Å²) in [5.74, 6) is 0.329. The molecule has 1 saturated heterocycles. The third-order valence-electron chi connectivity index (χ3n) is 5.42. The number of carbonyl (C=O) groups excluding carboxylic acids is 1. The fraction of sp³-hybridized carbons (Fsp3) is 0.765. The largest absolute Gasteiger partial charge is 0.337 e. The standard InChI is InChI=1S/C17H26N4O/c22-17-12-19(8-9-20(17)14-4-2-1-3-5-14)11-16-10-18-13-21(16)15-6-7-15/h10,13-15H,1-9,11-12H2. The smallest absolute Gasteiger partial charge is 0.237 e. The third kappa shape index (κ3) is 2.91. The van der Waals surface area contributed by atoms with Crippen LogP contribution in [0.2, 0.25) is 0 Å². The van der Waals surface area contributed by atoms with Gasteiger partial charge in [0.25, 0.3) is 0 Å². The van der Waals surface area contributed by atoms with Crippen molar-refractivity contribution in [1.82, 2.24) is 19.4 Å². The Bertz CT molecular complexity index is 531. The van der Waals surface area contributed by atoms with Gasteiger partial charge in [0.1, 0.15) is 0 Å².